The Balaban J connectivity index is 1.65. The molecule has 0 radical (unpaired) electrons. The fourth-order valence-corrected chi connectivity index (χ4v) is 3.54. The molecule has 2 N–H and O–H groups in total. The molecule has 2 fully saturated rings. The quantitative estimate of drug-likeness (QED) is 0.862. The molecule has 1 aromatic heterocycles. The molecule has 1 aromatic carbocycles. The monoisotopic (exact) mass is 354 g/mol. The summed E-state index contributed by atoms with van der Waals surface area (Å²) in [5.41, 5.74) is 2.44. The van der Waals surface area contributed by atoms with Crippen molar-refractivity contribution in [1.82, 2.24) is 20.2 Å². The fourth-order valence-electron chi connectivity index (χ4n) is 3.54. The second kappa shape index (κ2) is 7.39. The normalized spacial score (nSPS) is 20.9. The van der Waals surface area contributed by atoms with E-state index in [1.165, 1.54) is 6.07 Å². The lowest BCUT2D eigenvalue weighted by atomic mass is 10.1. The van der Waals surface area contributed by atoms with Gasteiger partial charge in [0.15, 0.2) is 0 Å². The highest BCUT2D eigenvalue weighted by molar-refractivity contribution is 5.78. The summed E-state index contributed by atoms with van der Waals surface area (Å²) in [7, 11) is 0. The number of carbonyl (C=O) groups is 1. The SMILES string of the molecule is O=C1CN(Cc2ccccc2-c2nc(C3CCCO3)cc(=O)[nH]2)CCN1. The van der Waals surface area contributed by atoms with Crippen LogP contribution >= 0.6 is 0 Å². The molecule has 0 saturated carbocycles. The molecule has 4 rings (SSSR count). The first kappa shape index (κ1) is 16.9. The number of ether oxygens (including phenoxy) is 1. The molecule has 136 valence electrons. The summed E-state index contributed by atoms with van der Waals surface area (Å²) in [5.74, 6) is 0.598. The van der Waals surface area contributed by atoms with Gasteiger partial charge in [-0.2, -0.15) is 0 Å². The lowest BCUT2D eigenvalue weighted by Gasteiger charge is -2.27. The number of aromatic nitrogens is 2. The predicted molar refractivity (Wildman–Crippen MR) is 96.5 cm³/mol. The van der Waals surface area contributed by atoms with Crippen LogP contribution in [0, 0.1) is 0 Å². The van der Waals surface area contributed by atoms with Crippen molar-refractivity contribution in [3.63, 3.8) is 0 Å². The van der Waals surface area contributed by atoms with Crippen LogP contribution in [0.2, 0.25) is 0 Å². The lowest BCUT2D eigenvalue weighted by molar-refractivity contribution is -0.124. The molecule has 1 atom stereocenters. The molecular weight excluding hydrogens is 332 g/mol. The first-order valence-electron chi connectivity index (χ1n) is 8.99. The maximum absolute atomic E-state index is 12.2. The summed E-state index contributed by atoms with van der Waals surface area (Å²) in [6, 6.07) is 9.39. The van der Waals surface area contributed by atoms with E-state index in [0.29, 0.717) is 37.8 Å². The number of amides is 1. The van der Waals surface area contributed by atoms with Gasteiger partial charge in [-0.1, -0.05) is 24.3 Å². The lowest BCUT2D eigenvalue weighted by Crippen LogP contribution is -2.47. The number of H-pyrrole nitrogens is 1. The van der Waals surface area contributed by atoms with Crippen LogP contribution in [-0.4, -0.2) is 47.0 Å². The molecule has 2 aliphatic rings. The Bertz CT molecular complexity index is 858. The van der Waals surface area contributed by atoms with E-state index in [1.807, 2.05) is 24.3 Å². The molecule has 2 saturated heterocycles. The maximum atomic E-state index is 12.2. The molecule has 26 heavy (non-hydrogen) atoms. The second-order valence-electron chi connectivity index (χ2n) is 6.74. The number of hydrogen-bond acceptors (Lipinski definition) is 5. The van der Waals surface area contributed by atoms with Crippen molar-refractivity contribution in [2.24, 2.45) is 0 Å². The number of hydrogen-bond donors (Lipinski definition) is 2. The van der Waals surface area contributed by atoms with Crippen LogP contribution in [0.25, 0.3) is 11.4 Å². The van der Waals surface area contributed by atoms with Crippen LogP contribution in [0.4, 0.5) is 0 Å². The molecule has 0 aliphatic carbocycles. The average molecular weight is 354 g/mol. The molecule has 1 unspecified atom stereocenters. The molecule has 0 spiro atoms. The summed E-state index contributed by atoms with van der Waals surface area (Å²) >= 11 is 0. The van der Waals surface area contributed by atoms with Gasteiger partial charge in [0.05, 0.1) is 18.3 Å². The number of nitrogens with zero attached hydrogens (tertiary/aromatic N) is 2. The van der Waals surface area contributed by atoms with Crippen LogP contribution in [-0.2, 0) is 16.1 Å². The Hall–Kier alpha value is -2.51. The van der Waals surface area contributed by atoms with E-state index in [2.05, 4.69) is 20.2 Å². The summed E-state index contributed by atoms with van der Waals surface area (Å²) < 4.78 is 5.68. The number of benzene rings is 1. The largest absolute Gasteiger partial charge is 0.372 e. The Labute approximate surface area is 151 Å². The first-order chi connectivity index (χ1) is 12.7. The zero-order chi connectivity index (χ0) is 17.9. The second-order valence-corrected chi connectivity index (χ2v) is 6.74. The number of piperazine rings is 1. The Kier molecular flexibility index (Phi) is 4.81. The Morgan fingerprint density at radius 1 is 1.27 bits per heavy atom. The van der Waals surface area contributed by atoms with Gasteiger partial charge in [-0.05, 0) is 18.4 Å². The number of aromatic amines is 1. The van der Waals surface area contributed by atoms with Gasteiger partial charge in [0.2, 0.25) is 5.91 Å². The van der Waals surface area contributed by atoms with E-state index in [1.54, 1.807) is 0 Å². The summed E-state index contributed by atoms with van der Waals surface area (Å²) in [6.07, 6.45) is 1.77. The minimum Gasteiger partial charge on any atom is -0.372 e. The van der Waals surface area contributed by atoms with E-state index in [0.717, 1.165) is 30.5 Å². The third kappa shape index (κ3) is 3.68. The molecule has 7 nitrogen and oxygen atoms in total. The molecule has 2 aliphatic heterocycles. The number of nitrogens with one attached hydrogen (secondary N) is 2. The van der Waals surface area contributed by atoms with Crippen LogP contribution in [0.1, 0.15) is 30.2 Å². The highest BCUT2D eigenvalue weighted by Gasteiger charge is 2.22. The van der Waals surface area contributed by atoms with E-state index >= 15 is 0 Å². The summed E-state index contributed by atoms with van der Waals surface area (Å²) in [4.78, 5) is 33.4. The van der Waals surface area contributed by atoms with Gasteiger partial charge in [-0.15, -0.1) is 0 Å². The van der Waals surface area contributed by atoms with Gasteiger partial charge in [-0.3, -0.25) is 14.5 Å². The van der Waals surface area contributed by atoms with Crippen LogP contribution < -0.4 is 10.9 Å². The van der Waals surface area contributed by atoms with Crippen LogP contribution in [0.15, 0.2) is 35.1 Å². The highest BCUT2D eigenvalue weighted by atomic mass is 16.5. The summed E-state index contributed by atoms with van der Waals surface area (Å²) in [6.45, 7) is 3.19. The Morgan fingerprint density at radius 3 is 2.96 bits per heavy atom. The molecule has 0 bridgehead atoms. The van der Waals surface area contributed by atoms with Crippen molar-refractivity contribution in [3.05, 3.63) is 51.9 Å². The zero-order valence-corrected chi connectivity index (χ0v) is 14.5. The minimum absolute atomic E-state index is 0.0423. The van der Waals surface area contributed by atoms with Crippen molar-refractivity contribution in [2.75, 3.05) is 26.2 Å². The van der Waals surface area contributed by atoms with Gasteiger partial charge < -0.3 is 15.0 Å². The third-order valence-corrected chi connectivity index (χ3v) is 4.80. The zero-order valence-electron chi connectivity index (χ0n) is 14.5. The maximum Gasteiger partial charge on any atom is 0.251 e. The fraction of sp³-hybridized carbons (Fsp3) is 0.421. The molecule has 1 amide bonds. The standard InChI is InChI=1S/C19H22N4O3/c24-17-10-15(16-6-3-9-26-16)21-19(22-17)14-5-2-1-4-13(14)11-23-8-7-20-18(25)12-23/h1-2,4-5,10,16H,3,6-9,11-12H2,(H,20,25)(H,21,22,24). The van der Waals surface area contributed by atoms with Gasteiger partial charge in [0.1, 0.15) is 5.82 Å². The average Bonchev–Trinajstić information content (AvgIpc) is 3.16. The van der Waals surface area contributed by atoms with Crippen molar-refractivity contribution in [2.45, 2.75) is 25.5 Å². The minimum atomic E-state index is -0.173. The van der Waals surface area contributed by atoms with Gasteiger partial charge >= 0.3 is 0 Å². The van der Waals surface area contributed by atoms with Gasteiger partial charge in [0, 0.05) is 37.9 Å². The van der Waals surface area contributed by atoms with E-state index < -0.39 is 0 Å². The van der Waals surface area contributed by atoms with Gasteiger partial charge in [0.25, 0.3) is 5.56 Å². The molecule has 7 heteroatoms. The molecule has 3 heterocycles. The summed E-state index contributed by atoms with van der Waals surface area (Å²) in [5, 5.41) is 2.84. The predicted octanol–water partition coefficient (Wildman–Crippen LogP) is 1.22. The van der Waals surface area contributed by atoms with Crippen molar-refractivity contribution >= 4 is 5.91 Å². The van der Waals surface area contributed by atoms with Crippen molar-refractivity contribution in [3.8, 4) is 11.4 Å². The van der Waals surface area contributed by atoms with E-state index in [9.17, 15) is 9.59 Å². The number of rotatable bonds is 4. The van der Waals surface area contributed by atoms with Gasteiger partial charge in [-0.25, -0.2) is 4.98 Å². The van der Waals surface area contributed by atoms with E-state index in [4.69, 9.17) is 4.74 Å². The van der Waals surface area contributed by atoms with Crippen molar-refractivity contribution < 1.29 is 9.53 Å². The van der Waals surface area contributed by atoms with Crippen molar-refractivity contribution in [1.29, 1.82) is 0 Å². The van der Waals surface area contributed by atoms with Crippen LogP contribution in [0.5, 0.6) is 0 Å². The smallest absolute Gasteiger partial charge is 0.251 e. The van der Waals surface area contributed by atoms with Crippen LogP contribution in [0.3, 0.4) is 0 Å². The molecule has 2 aromatic rings. The Morgan fingerprint density at radius 2 is 2.15 bits per heavy atom. The third-order valence-electron chi connectivity index (χ3n) is 4.80. The molecular formula is C19H22N4O3. The highest BCUT2D eigenvalue weighted by Crippen LogP contribution is 2.28. The van der Waals surface area contributed by atoms with E-state index in [-0.39, 0.29) is 17.6 Å². The number of carbonyl (C=O) groups excluding carboxylic acids is 1. The topological polar surface area (TPSA) is 87.3 Å². The first-order valence-corrected chi connectivity index (χ1v) is 8.99.